The number of esters is 1. The molecular weight excluding hydrogens is 222 g/mol. The average Bonchev–Trinajstić information content (AvgIpc) is 2.09. The molecule has 0 aliphatic heterocycles. The van der Waals surface area contributed by atoms with Crippen molar-refractivity contribution in [1.82, 2.24) is 5.32 Å². The monoisotopic (exact) mass is 243 g/mol. The average molecular weight is 243 g/mol. The second-order valence-electron chi connectivity index (χ2n) is 4.89. The van der Waals surface area contributed by atoms with Crippen molar-refractivity contribution in [3.8, 4) is 0 Å². The summed E-state index contributed by atoms with van der Waals surface area (Å²) >= 11 is 0. The van der Waals surface area contributed by atoms with Crippen LogP contribution in [0.25, 0.3) is 0 Å². The Morgan fingerprint density at radius 3 is 2.29 bits per heavy atom. The summed E-state index contributed by atoms with van der Waals surface area (Å²) in [6.07, 6.45) is 1.51. The van der Waals surface area contributed by atoms with Crippen LogP contribution < -0.4 is 5.32 Å². The molecule has 0 fully saturated rings. The summed E-state index contributed by atoms with van der Waals surface area (Å²) in [4.78, 5) is 22.9. The van der Waals surface area contributed by atoms with Crippen molar-refractivity contribution in [1.29, 1.82) is 0 Å². The van der Waals surface area contributed by atoms with E-state index in [4.69, 9.17) is 4.74 Å². The molecule has 17 heavy (non-hydrogen) atoms. The molecule has 2 N–H and O–H groups in total. The van der Waals surface area contributed by atoms with E-state index in [1.807, 2.05) is 0 Å². The first-order valence-corrected chi connectivity index (χ1v) is 5.40. The highest BCUT2D eigenvalue weighted by atomic mass is 16.5. The van der Waals surface area contributed by atoms with Gasteiger partial charge in [-0.2, -0.15) is 0 Å². The predicted molar refractivity (Wildman–Crippen MR) is 64.3 cm³/mol. The van der Waals surface area contributed by atoms with E-state index in [1.54, 1.807) is 13.8 Å². The van der Waals surface area contributed by atoms with Crippen LogP contribution >= 0.6 is 0 Å². The van der Waals surface area contributed by atoms with Crippen LogP contribution in [0.5, 0.6) is 0 Å². The molecular formula is C12H21NO4. The van der Waals surface area contributed by atoms with Crippen LogP contribution in [0.1, 0.15) is 34.1 Å². The van der Waals surface area contributed by atoms with E-state index >= 15 is 0 Å². The van der Waals surface area contributed by atoms with Gasteiger partial charge < -0.3 is 15.2 Å². The highest BCUT2D eigenvalue weighted by Gasteiger charge is 2.40. The lowest BCUT2D eigenvalue weighted by atomic mass is 9.87. The van der Waals surface area contributed by atoms with E-state index in [-0.39, 0.29) is 18.9 Å². The third-order valence-corrected chi connectivity index (χ3v) is 2.02. The molecule has 5 heteroatoms. The molecule has 0 saturated carbocycles. The standard InChI is InChI=1S/C12H21NO4/c1-6-7-17-10(15)12(5,13-9(2)14)8-11(3,4)16/h6,16H,1,7-8H2,2-5H3,(H,13,14). The van der Waals surface area contributed by atoms with Gasteiger partial charge in [0.2, 0.25) is 5.91 Å². The fourth-order valence-electron chi connectivity index (χ4n) is 1.72. The van der Waals surface area contributed by atoms with Crippen LogP contribution in [0, 0.1) is 0 Å². The summed E-state index contributed by atoms with van der Waals surface area (Å²) in [5.41, 5.74) is -2.34. The molecule has 98 valence electrons. The van der Waals surface area contributed by atoms with Gasteiger partial charge in [0.25, 0.3) is 0 Å². The maximum absolute atomic E-state index is 11.8. The Kier molecular flexibility index (Phi) is 5.35. The molecule has 0 radical (unpaired) electrons. The highest BCUT2D eigenvalue weighted by Crippen LogP contribution is 2.21. The van der Waals surface area contributed by atoms with Gasteiger partial charge in [-0.25, -0.2) is 4.79 Å². The van der Waals surface area contributed by atoms with Crippen molar-refractivity contribution in [2.24, 2.45) is 0 Å². The predicted octanol–water partition coefficient (Wildman–Crippen LogP) is 0.771. The molecule has 0 heterocycles. The first-order chi connectivity index (χ1) is 7.60. The molecule has 0 rings (SSSR count). The first-order valence-electron chi connectivity index (χ1n) is 5.40. The zero-order chi connectivity index (χ0) is 13.7. The van der Waals surface area contributed by atoms with Crippen molar-refractivity contribution < 1.29 is 19.4 Å². The van der Waals surface area contributed by atoms with Crippen molar-refractivity contribution >= 4 is 11.9 Å². The van der Waals surface area contributed by atoms with Gasteiger partial charge in [0, 0.05) is 13.3 Å². The van der Waals surface area contributed by atoms with Gasteiger partial charge in [-0.3, -0.25) is 4.79 Å². The van der Waals surface area contributed by atoms with Crippen molar-refractivity contribution in [3.05, 3.63) is 12.7 Å². The van der Waals surface area contributed by atoms with E-state index < -0.39 is 17.1 Å². The quantitative estimate of drug-likeness (QED) is 0.534. The molecule has 0 spiro atoms. The number of carbonyl (C=O) groups is 2. The van der Waals surface area contributed by atoms with Crippen molar-refractivity contribution in [3.63, 3.8) is 0 Å². The van der Waals surface area contributed by atoms with Crippen molar-refractivity contribution in [2.75, 3.05) is 6.61 Å². The lowest BCUT2D eigenvalue weighted by Crippen LogP contribution is -2.55. The second kappa shape index (κ2) is 5.82. The summed E-state index contributed by atoms with van der Waals surface area (Å²) in [6.45, 7) is 9.47. The van der Waals surface area contributed by atoms with E-state index in [9.17, 15) is 14.7 Å². The van der Waals surface area contributed by atoms with Gasteiger partial charge in [0.15, 0.2) is 0 Å². The zero-order valence-corrected chi connectivity index (χ0v) is 10.9. The summed E-state index contributed by atoms with van der Waals surface area (Å²) in [5.74, 6) is -0.943. The van der Waals surface area contributed by atoms with Crippen LogP contribution in [0.15, 0.2) is 12.7 Å². The number of ether oxygens (including phenoxy) is 1. The maximum atomic E-state index is 11.8. The van der Waals surface area contributed by atoms with E-state index in [0.29, 0.717) is 0 Å². The minimum Gasteiger partial charge on any atom is -0.460 e. The number of nitrogens with one attached hydrogen (secondary N) is 1. The van der Waals surface area contributed by atoms with Crippen molar-refractivity contribution in [2.45, 2.75) is 45.3 Å². The normalized spacial score (nSPS) is 14.6. The molecule has 0 aromatic rings. The van der Waals surface area contributed by atoms with Gasteiger partial charge in [-0.1, -0.05) is 12.7 Å². The molecule has 0 bridgehead atoms. The fraction of sp³-hybridized carbons (Fsp3) is 0.667. The Morgan fingerprint density at radius 1 is 1.41 bits per heavy atom. The molecule has 5 nitrogen and oxygen atoms in total. The summed E-state index contributed by atoms with van der Waals surface area (Å²) in [7, 11) is 0. The summed E-state index contributed by atoms with van der Waals surface area (Å²) in [6, 6.07) is 0. The Hall–Kier alpha value is -1.36. The lowest BCUT2D eigenvalue weighted by molar-refractivity contribution is -0.154. The van der Waals surface area contributed by atoms with Gasteiger partial charge in [-0.15, -0.1) is 0 Å². The van der Waals surface area contributed by atoms with E-state index in [0.717, 1.165) is 0 Å². The second-order valence-corrected chi connectivity index (χ2v) is 4.89. The largest absolute Gasteiger partial charge is 0.460 e. The minimum absolute atomic E-state index is 0.0650. The third-order valence-electron chi connectivity index (χ3n) is 2.02. The lowest BCUT2D eigenvalue weighted by Gasteiger charge is -2.33. The Bertz CT molecular complexity index is 306. The number of aliphatic hydroxyl groups is 1. The van der Waals surface area contributed by atoms with Crippen LogP contribution in [-0.4, -0.2) is 34.7 Å². The number of rotatable bonds is 6. The van der Waals surface area contributed by atoms with E-state index in [1.165, 1.54) is 19.9 Å². The summed E-state index contributed by atoms with van der Waals surface area (Å²) in [5, 5.41) is 12.3. The van der Waals surface area contributed by atoms with Crippen LogP contribution in [0.2, 0.25) is 0 Å². The number of carbonyl (C=O) groups excluding carboxylic acids is 2. The smallest absolute Gasteiger partial charge is 0.331 e. The minimum atomic E-state index is -1.24. The first kappa shape index (κ1) is 15.6. The molecule has 0 aliphatic rings. The zero-order valence-electron chi connectivity index (χ0n) is 10.9. The molecule has 1 amide bonds. The van der Waals surface area contributed by atoms with Crippen LogP contribution in [0.3, 0.4) is 0 Å². The fourth-order valence-corrected chi connectivity index (χ4v) is 1.72. The molecule has 0 aromatic heterocycles. The molecule has 1 unspecified atom stereocenters. The molecule has 0 aromatic carbocycles. The van der Waals surface area contributed by atoms with Crippen LogP contribution in [0.4, 0.5) is 0 Å². The Morgan fingerprint density at radius 2 is 1.94 bits per heavy atom. The molecule has 0 aliphatic carbocycles. The van der Waals surface area contributed by atoms with Gasteiger partial charge in [0.05, 0.1) is 5.60 Å². The number of hydrogen-bond acceptors (Lipinski definition) is 4. The maximum Gasteiger partial charge on any atom is 0.331 e. The highest BCUT2D eigenvalue weighted by molar-refractivity contribution is 5.86. The van der Waals surface area contributed by atoms with Crippen LogP contribution in [-0.2, 0) is 14.3 Å². The van der Waals surface area contributed by atoms with Gasteiger partial charge in [0.1, 0.15) is 12.1 Å². The molecule has 0 saturated heterocycles. The summed E-state index contributed by atoms with van der Waals surface area (Å²) < 4.78 is 4.92. The Balaban J connectivity index is 4.88. The Labute approximate surface area is 102 Å². The SMILES string of the molecule is C=CCOC(=O)C(C)(CC(C)(C)O)NC(C)=O. The van der Waals surface area contributed by atoms with Gasteiger partial charge >= 0.3 is 5.97 Å². The van der Waals surface area contributed by atoms with E-state index in [2.05, 4.69) is 11.9 Å². The topological polar surface area (TPSA) is 75.6 Å². The number of amides is 1. The number of hydrogen-bond donors (Lipinski definition) is 2. The van der Waals surface area contributed by atoms with Gasteiger partial charge in [-0.05, 0) is 20.8 Å². The molecule has 1 atom stereocenters. The third kappa shape index (κ3) is 6.06.